The molecule has 0 spiro atoms. The van der Waals surface area contributed by atoms with Crippen molar-refractivity contribution in [1.29, 1.82) is 5.26 Å². The summed E-state index contributed by atoms with van der Waals surface area (Å²) >= 11 is 0. The second-order valence-electron chi connectivity index (χ2n) is 8.82. The molecule has 32 heavy (non-hydrogen) atoms. The minimum Gasteiger partial charge on any atom is -0.330 e. The van der Waals surface area contributed by atoms with Gasteiger partial charge in [0, 0.05) is 25.7 Å². The maximum atomic E-state index is 13.1. The van der Waals surface area contributed by atoms with Gasteiger partial charge < -0.3 is 15.5 Å². The van der Waals surface area contributed by atoms with Crippen LogP contribution in [0.1, 0.15) is 37.8 Å². The molecule has 11 heteroatoms. The van der Waals surface area contributed by atoms with Crippen molar-refractivity contribution in [1.82, 2.24) is 14.7 Å². The standard InChI is InChI=1S/C21H28N6O4S/c1-13(14-4-6-17(7-5-14)32(24,30)31)27-16-9-19(21(27)29)25(11-16)12-18(23)20(28)26-8-2-3-15(26)10-22/h4-7,13,15-16,18-19H,2-3,8-9,11-12,23H2,1H3,(H2,24,30,31)/t13?,15?,16-,18?,19?/m0/s1. The van der Waals surface area contributed by atoms with Crippen LogP contribution in [0.3, 0.4) is 0 Å². The number of nitrogens with zero attached hydrogens (tertiary/aromatic N) is 4. The van der Waals surface area contributed by atoms with E-state index in [1.807, 2.05) is 16.7 Å². The lowest BCUT2D eigenvalue weighted by molar-refractivity contribution is -0.140. The Bertz CT molecular complexity index is 1050. The third-order valence-electron chi connectivity index (χ3n) is 6.86. The van der Waals surface area contributed by atoms with Crippen LogP contribution in [0.5, 0.6) is 0 Å². The van der Waals surface area contributed by atoms with Crippen LogP contribution >= 0.6 is 0 Å². The predicted octanol–water partition coefficient (Wildman–Crippen LogP) is -0.478. The van der Waals surface area contributed by atoms with E-state index < -0.39 is 22.1 Å². The van der Waals surface area contributed by atoms with Crippen LogP contribution in [0.4, 0.5) is 0 Å². The van der Waals surface area contributed by atoms with Gasteiger partial charge in [0.05, 0.1) is 29.1 Å². The normalized spacial score (nSPS) is 27.6. The van der Waals surface area contributed by atoms with Gasteiger partial charge >= 0.3 is 0 Å². The van der Waals surface area contributed by atoms with E-state index >= 15 is 0 Å². The lowest BCUT2D eigenvalue weighted by Gasteiger charge is -2.38. The summed E-state index contributed by atoms with van der Waals surface area (Å²) in [6, 6.07) is 6.69. The van der Waals surface area contributed by atoms with Crippen LogP contribution in [0.2, 0.25) is 0 Å². The summed E-state index contributed by atoms with van der Waals surface area (Å²) in [5.41, 5.74) is 7.01. The van der Waals surface area contributed by atoms with Crippen LogP contribution < -0.4 is 10.9 Å². The number of hydrogen-bond acceptors (Lipinski definition) is 7. The van der Waals surface area contributed by atoms with Gasteiger partial charge in [0.25, 0.3) is 0 Å². The SMILES string of the molecule is CC(c1ccc(S(N)(=O)=O)cc1)N1C(=O)C2C[C@H]1CN2CC(N)C(=O)N1CCCC1C#N. The topological polar surface area (TPSA) is 154 Å². The van der Waals surface area contributed by atoms with Crippen LogP contribution in [0.25, 0.3) is 0 Å². The molecule has 3 aliphatic heterocycles. The first-order valence-electron chi connectivity index (χ1n) is 10.8. The predicted molar refractivity (Wildman–Crippen MR) is 115 cm³/mol. The van der Waals surface area contributed by atoms with Gasteiger partial charge in [-0.05, 0) is 43.9 Å². The molecular weight excluding hydrogens is 432 g/mol. The van der Waals surface area contributed by atoms with Crippen molar-refractivity contribution < 1.29 is 18.0 Å². The first-order chi connectivity index (χ1) is 15.1. The molecule has 0 aliphatic carbocycles. The Kier molecular flexibility index (Phi) is 5.98. The molecule has 1 aromatic rings. The number of benzene rings is 1. The fourth-order valence-electron chi connectivity index (χ4n) is 5.20. The van der Waals surface area contributed by atoms with Crippen LogP contribution in [0.15, 0.2) is 29.2 Å². The number of sulfonamides is 1. The zero-order valence-electron chi connectivity index (χ0n) is 17.9. The quantitative estimate of drug-likeness (QED) is 0.581. The number of nitriles is 1. The molecule has 4 rings (SSSR count). The average Bonchev–Trinajstić information content (AvgIpc) is 3.46. The van der Waals surface area contributed by atoms with Crippen LogP contribution in [0, 0.1) is 11.3 Å². The van der Waals surface area contributed by atoms with Crippen LogP contribution in [-0.4, -0.2) is 78.7 Å². The van der Waals surface area contributed by atoms with Crippen molar-refractivity contribution in [2.24, 2.45) is 10.9 Å². The molecule has 3 saturated heterocycles. The first-order valence-corrected chi connectivity index (χ1v) is 12.3. The second-order valence-corrected chi connectivity index (χ2v) is 10.4. The van der Waals surface area contributed by atoms with Gasteiger partial charge in [0.1, 0.15) is 6.04 Å². The Balaban J connectivity index is 1.40. The molecule has 172 valence electrons. The van der Waals surface area contributed by atoms with E-state index in [0.717, 1.165) is 12.0 Å². The van der Waals surface area contributed by atoms with Crippen molar-refractivity contribution in [3.63, 3.8) is 0 Å². The number of hydrogen-bond donors (Lipinski definition) is 2. The molecular formula is C21H28N6O4S. The number of carbonyl (C=O) groups is 2. The lowest BCUT2D eigenvalue weighted by Crippen LogP contribution is -2.56. The molecule has 2 bridgehead atoms. The summed E-state index contributed by atoms with van der Waals surface area (Å²) in [7, 11) is -3.77. The Morgan fingerprint density at radius 3 is 2.59 bits per heavy atom. The maximum absolute atomic E-state index is 13.1. The fraction of sp³-hybridized carbons (Fsp3) is 0.571. The number of piperazine rings is 1. The van der Waals surface area contributed by atoms with Gasteiger partial charge in [0.2, 0.25) is 21.8 Å². The molecule has 5 atom stereocenters. The first kappa shape index (κ1) is 22.7. The van der Waals surface area contributed by atoms with E-state index in [0.29, 0.717) is 25.9 Å². The number of primary sulfonamides is 1. The molecule has 3 fully saturated rings. The Morgan fingerprint density at radius 1 is 1.31 bits per heavy atom. The molecule has 0 saturated carbocycles. The molecule has 2 amide bonds. The molecule has 10 nitrogen and oxygen atoms in total. The Labute approximate surface area is 187 Å². The van der Waals surface area contributed by atoms with Crippen molar-refractivity contribution in [2.45, 2.75) is 61.3 Å². The third-order valence-corrected chi connectivity index (χ3v) is 7.79. The second kappa shape index (κ2) is 8.44. The molecule has 3 aliphatic rings. The summed E-state index contributed by atoms with van der Waals surface area (Å²) in [6.07, 6.45) is 2.14. The minimum absolute atomic E-state index is 0.00126. The summed E-state index contributed by atoms with van der Waals surface area (Å²) in [5, 5.41) is 14.4. The summed E-state index contributed by atoms with van der Waals surface area (Å²) in [4.78, 5) is 31.2. The largest absolute Gasteiger partial charge is 0.330 e. The highest BCUT2D eigenvalue weighted by atomic mass is 32.2. The molecule has 1 aromatic carbocycles. The van der Waals surface area contributed by atoms with Crippen molar-refractivity contribution in [2.75, 3.05) is 19.6 Å². The smallest absolute Gasteiger partial charge is 0.241 e. The van der Waals surface area contributed by atoms with E-state index in [1.165, 1.54) is 12.1 Å². The molecule has 0 aromatic heterocycles. The summed E-state index contributed by atoms with van der Waals surface area (Å²) in [6.45, 7) is 3.37. The summed E-state index contributed by atoms with van der Waals surface area (Å²) in [5.74, 6) is -0.246. The van der Waals surface area contributed by atoms with Gasteiger partial charge in [-0.2, -0.15) is 5.26 Å². The van der Waals surface area contributed by atoms with E-state index in [-0.39, 0.29) is 41.4 Å². The molecule has 0 radical (unpaired) electrons. The van der Waals surface area contributed by atoms with Crippen LogP contribution in [-0.2, 0) is 19.6 Å². The van der Waals surface area contributed by atoms with Gasteiger partial charge in [0.15, 0.2) is 0 Å². The zero-order chi connectivity index (χ0) is 23.2. The van der Waals surface area contributed by atoms with E-state index in [9.17, 15) is 23.3 Å². The minimum atomic E-state index is -3.77. The van der Waals surface area contributed by atoms with E-state index in [2.05, 4.69) is 6.07 Å². The number of amides is 2. The van der Waals surface area contributed by atoms with Crippen molar-refractivity contribution in [3.8, 4) is 6.07 Å². The maximum Gasteiger partial charge on any atom is 0.241 e. The van der Waals surface area contributed by atoms with Crippen molar-refractivity contribution in [3.05, 3.63) is 29.8 Å². The summed E-state index contributed by atoms with van der Waals surface area (Å²) < 4.78 is 22.9. The average molecular weight is 461 g/mol. The fourth-order valence-corrected chi connectivity index (χ4v) is 5.72. The van der Waals surface area contributed by atoms with E-state index in [1.54, 1.807) is 17.0 Å². The van der Waals surface area contributed by atoms with Gasteiger partial charge in [-0.1, -0.05) is 12.1 Å². The highest BCUT2D eigenvalue weighted by Gasteiger charge is 2.51. The molecule has 4 N–H and O–H groups in total. The number of likely N-dealkylation sites (tertiary alicyclic amines) is 3. The molecule has 4 unspecified atom stereocenters. The highest BCUT2D eigenvalue weighted by molar-refractivity contribution is 7.89. The number of rotatable bonds is 6. The Hall–Kier alpha value is -2.52. The zero-order valence-corrected chi connectivity index (χ0v) is 18.7. The van der Waals surface area contributed by atoms with Gasteiger partial charge in [-0.3, -0.25) is 14.5 Å². The van der Waals surface area contributed by atoms with Gasteiger partial charge in [-0.15, -0.1) is 0 Å². The van der Waals surface area contributed by atoms with E-state index in [4.69, 9.17) is 10.9 Å². The third kappa shape index (κ3) is 3.99. The lowest BCUT2D eigenvalue weighted by atomic mass is 10.1. The monoisotopic (exact) mass is 460 g/mol. The van der Waals surface area contributed by atoms with Gasteiger partial charge in [-0.25, -0.2) is 13.6 Å². The number of nitrogens with two attached hydrogens (primary N) is 2. The van der Waals surface area contributed by atoms with Crippen molar-refractivity contribution >= 4 is 21.8 Å². The number of fused-ring (bicyclic) bond motifs is 2. The highest BCUT2D eigenvalue weighted by Crippen LogP contribution is 2.38. The Morgan fingerprint density at radius 2 is 2.00 bits per heavy atom. The number of carbonyl (C=O) groups excluding carboxylic acids is 2. The molecule has 3 heterocycles.